The first-order valence-electron chi connectivity index (χ1n) is 6.29. The smallest absolute Gasteiger partial charge is 0.337 e. The minimum Gasteiger partial charge on any atom is -0.465 e. The highest BCUT2D eigenvalue weighted by Gasteiger charge is 2.43. The lowest BCUT2D eigenvalue weighted by Gasteiger charge is -2.20. The van der Waals surface area contributed by atoms with Gasteiger partial charge in [0.25, 0.3) is 0 Å². The van der Waals surface area contributed by atoms with Gasteiger partial charge in [-0.15, -0.1) is 12.6 Å². The van der Waals surface area contributed by atoms with Gasteiger partial charge in [0.1, 0.15) is 5.50 Å². The first-order valence-corrected chi connectivity index (χ1v) is 6.81. The van der Waals surface area contributed by atoms with Crippen molar-refractivity contribution in [3.05, 3.63) is 35.4 Å². The van der Waals surface area contributed by atoms with Crippen LogP contribution in [-0.4, -0.2) is 34.9 Å². The minimum absolute atomic E-state index is 0.0130. The van der Waals surface area contributed by atoms with E-state index in [9.17, 15) is 9.59 Å². The van der Waals surface area contributed by atoms with Gasteiger partial charge in [-0.2, -0.15) is 0 Å². The maximum Gasteiger partial charge on any atom is 0.337 e. The lowest BCUT2D eigenvalue weighted by Crippen LogP contribution is -2.40. The Bertz CT molecular complexity index is 545. The molecule has 0 aromatic heterocycles. The first kappa shape index (κ1) is 14.9. The second kappa shape index (κ2) is 5.46. The maximum atomic E-state index is 12.2. The third-order valence-corrected chi connectivity index (χ3v) is 3.69. The Morgan fingerprint density at radius 3 is 2.75 bits per heavy atom. The Morgan fingerprint density at radius 2 is 2.20 bits per heavy atom. The van der Waals surface area contributed by atoms with Crippen molar-refractivity contribution in [1.29, 1.82) is 0 Å². The molecule has 1 N–H and O–H groups in total. The molecule has 1 aliphatic rings. The topological polar surface area (TPSA) is 58.6 Å². The van der Waals surface area contributed by atoms with Crippen molar-refractivity contribution in [2.75, 3.05) is 7.11 Å². The van der Waals surface area contributed by atoms with Gasteiger partial charge in [-0.1, -0.05) is 12.1 Å². The predicted molar refractivity (Wildman–Crippen MR) is 78.3 cm³/mol. The molecule has 6 heteroatoms. The molecule has 0 saturated carbocycles. The molecule has 1 amide bonds. The SMILES string of the molecule is COC(=O)c1cccc(CN2C(=O)C(C)(C)NC2S)c1. The molecule has 108 valence electrons. The number of rotatable bonds is 3. The number of carbonyl (C=O) groups excluding carboxylic acids is 2. The van der Waals surface area contributed by atoms with Gasteiger partial charge in [0.05, 0.1) is 18.2 Å². The zero-order chi connectivity index (χ0) is 14.9. The number of thiol groups is 1. The van der Waals surface area contributed by atoms with E-state index in [0.29, 0.717) is 12.1 Å². The van der Waals surface area contributed by atoms with Crippen LogP contribution in [0.2, 0.25) is 0 Å². The normalized spacial score (nSPS) is 21.1. The fourth-order valence-corrected chi connectivity index (χ4v) is 2.71. The number of ether oxygens (including phenoxy) is 1. The Morgan fingerprint density at radius 1 is 1.50 bits per heavy atom. The van der Waals surface area contributed by atoms with Crippen LogP contribution in [0, 0.1) is 0 Å². The number of amides is 1. The Labute approximate surface area is 123 Å². The zero-order valence-electron chi connectivity index (χ0n) is 11.7. The molecule has 1 aromatic carbocycles. The zero-order valence-corrected chi connectivity index (χ0v) is 12.6. The molecular weight excluding hydrogens is 276 g/mol. The van der Waals surface area contributed by atoms with Crippen LogP contribution < -0.4 is 5.32 Å². The van der Waals surface area contributed by atoms with Crippen molar-refractivity contribution in [2.24, 2.45) is 0 Å². The van der Waals surface area contributed by atoms with Crippen LogP contribution in [0.5, 0.6) is 0 Å². The van der Waals surface area contributed by atoms with Crippen LogP contribution in [0.1, 0.15) is 29.8 Å². The summed E-state index contributed by atoms with van der Waals surface area (Å²) in [4.78, 5) is 25.4. The van der Waals surface area contributed by atoms with Gasteiger partial charge in [0, 0.05) is 6.54 Å². The van der Waals surface area contributed by atoms with Crippen LogP contribution in [-0.2, 0) is 16.1 Å². The molecule has 1 fully saturated rings. The molecule has 1 heterocycles. The van der Waals surface area contributed by atoms with E-state index >= 15 is 0 Å². The van der Waals surface area contributed by atoms with E-state index in [0.717, 1.165) is 5.56 Å². The van der Waals surface area contributed by atoms with Gasteiger partial charge in [-0.05, 0) is 31.5 Å². The largest absolute Gasteiger partial charge is 0.465 e. The quantitative estimate of drug-likeness (QED) is 0.653. The van der Waals surface area contributed by atoms with Gasteiger partial charge >= 0.3 is 5.97 Å². The average molecular weight is 294 g/mol. The highest BCUT2D eigenvalue weighted by Crippen LogP contribution is 2.24. The number of esters is 1. The second-order valence-electron chi connectivity index (χ2n) is 5.27. The van der Waals surface area contributed by atoms with E-state index in [2.05, 4.69) is 22.7 Å². The molecule has 0 radical (unpaired) electrons. The number of nitrogens with zero attached hydrogens (tertiary/aromatic N) is 1. The van der Waals surface area contributed by atoms with Gasteiger partial charge in [-0.25, -0.2) is 4.79 Å². The Balaban J connectivity index is 2.18. The summed E-state index contributed by atoms with van der Waals surface area (Å²) in [7, 11) is 1.34. The van der Waals surface area contributed by atoms with Crippen LogP contribution in [0.4, 0.5) is 0 Å². The molecule has 2 rings (SSSR count). The standard InChI is InChI=1S/C14H18N2O3S/c1-14(2)12(18)16(13(20)15-14)8-9-5-4-6-10(7-9)11(17)19-3/h4-7,13,15,20H,8H2,1-3H3. The van der Waals surface area contributed by atoms with Crippen LogP contribution >= 0.6 is 12.6 Å². The summed E-state index contributed by atoms with van der Waals surface area (Å²) < 4.78 is 4.69. The molecule has 1 saturated heterocycles. The van der Waals surface area contributed by atoms with E-state index in [1.54, 1.807) is 23.1 Å². The molecular formula is C14H18N2O3S. The lowest BCUT2D eigenvalue weighted by molar-refractivity contribution is -0.132. The maximum absolute atomic E-state index is 12.2. The van der Waals surface area contributed by atoms with E-state index in [4.69, 9.17) is 0 Å². The van der Waals surface area contributed by atoms with Crippen LogP contribution in [0.3, 0.4) is 0 Å². The number of hydrogen-bond donors (Lipinski definition) is 2. The molecule has 1 aliphatic heterocycles. The Kier molecular flexibility index (Phi) is 4.06. The number of methoxy groups -OCH3 is 1. The van der Waals surface area contributed by atoms with E-state index < -0.39 is 5.54 Å². The van der Waals surface area contributed by atoms with Gasteiger partial charge in [0.2, 0.25) is 5.91 Å². The van der Waals surface area contributed by atoms with Gasteiger partial charge in [-0.3, -0.25) is 10.1 Å². The van der Waals surface area contributed by atoms with Gasteiger partial charge in [0.15, 0.2) is 0 Å². The third kappa shape index (κ3) is 2.81. The van der Waals surface area contributed by atoms with E-state index in [1.165, 1.54) is 7.11 Å². The summed E-state index contributed by atoms with van der Waals surface area (Å²) in [5, 5.41) is 3.11. The van der Waals surface area contributed by atoms with Crippen molar-refractivity contribution < 1.29 is 14.3 Å². The molecule has 1 atom stereocenters. The molecule has 0 bridgehead atoms. The summed E-state index contributed by atoms with van der Waals surface area (Å²) in [6.45, 7) is 4.04. The van der Waals surface area contributed by atoms with Crippen molar-refractivity contribution in [1.82, 2.24) is 10.2 Å². The molecule has 5 nitrogen and oxygen atoms in total. The average Bonchev–Trinajstić information content (AvgIpc) is 2.60. The van der Waals surface area contributed by atoms with Crippen LogP contribution in [0.25, 0.3) is 0 Å². The van der Waals surface area contributed by atoms with Gasteiger partial charge < -0.3 is 9.64 Å². The second-order valence-corrected chi connectivity index (χ2v) is 5.76. The molecule has 1 unspecified atom stereocenters. The molecule has 20 heavy (non-hydrogen) atoms. The number of carbonyl (C=O) groups is 2. The number of nitrogens with one attached hydrogen (secondary N) is 1. The highest BCUT2D eigenvalue weighted by atomic mass is 32.1. The minimum atomic E-state index is -0.619. The fraction of sp³-hybridized carbons (Fsp3) is 0.429. The van der Waals surface area contributed by atoms with Crippen molar-refractivity contribution in [3.63, 3.8) is 0 Å². The predicted octanol–water partition coefficient (Wildman–Crippen LogP) is 1.40. The third-order valence-electron chi connectivity index (χ3n) is 3.28. The first-order chi connectivity index (χ1) is 9.35. The lowest BCUT2D eigenvalue weighted by atomic mass is 10.1. The van der Waals surface area contributed by atoms with Crippen molar-refractivity contribution in [3.8, 4) is 0 Å². The summed E-state index contributed by atoms with van der Waals surface area (Å²) in [6.07, 6.45) is 0. The van der Waals surface area contributed by atoms with E-state index in [1.807, 2.05) is 19.9 Å². The fourth-order valence-electron chi connectivity index (χ4n) is 2.20. The monoisotopic (exact) mass is 294 g/mol. The number of benzene rings is 1. The highest BCUT2D eigenvalue weighted by molar-refractivity contribution is 7.80. The molecule has 0 spiro atoms. The number of hydrogen-bond acceptors (Lipinski definition) is 5. The Hall–Kier alpha value is -1.53. The summed E-state index contributed by atoms with van der Waals surface area (Å²) >= 11 is 4.38. The summed E-state index contributed by atoms with van der Waals surface area (Å²) in [5.41, 5.74) is 0.380. The van der Waals surface area contributed by atoms with Crippen molar-refractivity contribution in [2.45, 2.75) is 31.4 Å². The van der Waals surface area contributed by atoms with Crippen molar-refractivity contribution >= 4 is 24.5 Å². The van der Waals surface area contributed by atoms with E-state index in [-0.39, 0.29) is 17.4 Å². The molecule has 1 aromatic rings. The summed E-state index contributed by atoms with van der Waals surface area (Å²) in [6, 6.07) is 7.05. The summed E-state index contributed by atoms with van der Waals surface area (Å²) in [5.74, 6) is -0.401. The molecule has 0 aliphatic carbocycles. The van der Waals surface area contributed by atoms with Crippen LogP contribution in [0.15, 0.2) is 24.3 Å².